The maximum atomic E-state index is 10.6. The number of carbonyl (C=O) groups is 1. The second kappa shape index (κ2) is 1.54. The molecule has 0 saturated carbocycles. The van der Waals surface area contributed by atoms with Gasteiger partial charge in [0.25, 0.3) is 5.91 Å². The molecule has 4 nitrogen and oxygen atoms in total. The third kappa shape index (κ3) is 0.576. The summed E-state index contributed by atoms with van der Waals surface area (Å²) in [6.07, 6.45) is 0. The van der Waals surface area contributed by atoms with E-state index in [4.69, 9.17) is 0 Å². The van der Waals surface area contributed by atoms with Gasteiger partial charge < -0.3 is 0 Å². The fourth-order valence-electron chi connectivity index (χ4n) is 0.519. The minimum Gasteiger partial charge on any atom is -0.270 e. The molecular formula is C4H7N3O. The van der Waals surface area contributed by atoms with Gasteiger partial charge in [-0.2, -0.15) is 5.11 Å². The van der Waals surface area contributed by atoms with E-state index in [0.29, 0.717) is 0 Å². The molecule has 0 N–H and O–H groups in total. The molecule has 0 aromatic rings. The molecule has 1 aliphatic heterocycles. The maximum absolute atomic E-state index is 10.6. The summed E-state index contributed by atoms with van der Waals surface area (Å²) in [7, 11) is 1.59. The zero-order chi connectivity index (χ0) is 6.15. The van der Waals surface area contributed by atoms with Crippen molar-refractivity contribution in [1.29, 1.82) is 0 Å². The molecule has 0 saturated heterocycles. The first-order valence-corrected chi connectivity index (χ1v) is 2.40. The van der Waals surface area contributed by atoms with Gasteiger partial charge in [0.05, 0.1) is 0 Å². The third-order valence-corrected chi connectivity index (χ3v) is 1.04. The van der Waals surface area contributed by atoms with Crippen LogP contribution in [0.5, 0.6) is 0 Å². The van der Waals surface area contributed by atoms with E-state index in [2.05, 4.69) is 10.3 Å². The van der Waals surface area contributed by atoms with Crippen molar-refractivity contribution in [3.05, 3.63) is 0 Å². The Bertz CT molecular complexity index is 128. The predicted octanol–water partition coefficient (Wildman–Crippen LogP) is 0.214. The highest BCUT2D eigenvalue weighted by Gasteiger charge is 2.21. The number of rotatable bonds is 0. The Hall–Kier alpha value is -0.930. The van der Waals surface area contributed by atoms with Crippen LogP contribution in [-0.4, -0.2) is 24.0 Å². The molecule has 0 spiro atoms. The van der Waals surface area contributed by atoms with E-state index in [-0.39, 0.29) is 11.9 Å². The van der Waals surface area contributed by atoms with Crippen molar-refractivity contribution in [3.63, 3.8) is 0 Å². The van der Waals surface area contributed by atoms with Crippen LogP contribution in [0.25, 0.3) is 0 Å². The molecule has 1 rings (SSSR count). The first-order chi connectivity index (χ1) is 3.72. The minimum absolute atomic E-state index is 0.0370. The molecule has 0 aromatic carbocycles. The first kappa shape index (κ1) is 5.21. The Kier molecular flexibility index (Phi) is 1.00. The molecule has 1 atom stereocenters. The van der Waals surface area contributed by atoms with Crippen molar-refractivity contribution in [1.82, 2.24) is 5.01 Å². The second-order valence-electron chi connectivity index (χ2n) is 1.74. The van der Waals surface area contributed by atoms with Gasteiger partial charge in [-0.25, -0.2) is 5.01 Å². The summed E-state index contributed by atoms with van der Waals surface area (Å²) in [5.74, 6) is -0.0370. The smallest absolute Gasteiger partial charge is 0.270 e. The van der Waals surface area contributed by atoms with Gasteiger partial charge in [0.2, 0.25) is 0 Å². The summed E-state index contributed by atoms with van der Waals surface area (Å²) in [4.78, 5) is 10.6. The van der Waals surface area contributed by atoms with Crippen LogP contribution in [0.2, 0.25) is 0 Å². The average Bonchev–Trinajstić information content (AvgIpc) is 1.98. The van der Waals surface area contributed by atoms with Crippen LogP contribution in [0.15, 0.2) is 10.3 Å². The van der Waals surface area contributed by atoms with Crippen LogP contribution in [-0.2, 0) is 4.79 Å². The van der Waals surface area contributed by atoms with E-state index >= 15 is 0 Å². The van der Waals surface area contributed by atoms with Gasteiger partial charge >= 0.3 is 0 Å². The molecule has 0 bridgehead atoms. The van der Waals surface area contributed by atoms with Crippen molar-refractivity contribution in [2.24, 2.45) is 10.3 Å². The van der Waals surface area contributed by atoms with E-state index in [9.17, 15) is 4.79 Å². The standard InChI is InChI=1S/C4H7N3O/c1-3-4(8)7(2)6-5-3/h3H,1-2H3. The van der Waals surface area contributed by atoms with Gasteiger partial charge in [-0.05, 0) is 6.92 Å². The number of hydrogen-bond acceptors (Lipinski definition) is 3. The highest BCUT2D eigenvalue weighted by Crippen LogP contribution is 2.05. The van der Waals surface area contributed by atoms with E-state index in [1.54, 1.807) is 14.0 Å². The van der Waals surface area contributed by atoms with Crippen LogP contribution in [0.4, 0.5) is 0 Å². The Morgan fingerprint density at radius 3 is 2.50 bits per heavy atom. The molecule has 1 amide bonds. The van der Waals surface area contributed by atoms with Crippen LogP contribution >= 0.6 is 0 Å². The van der Waals surface area contributed by atoms with Crippen LogP contribution in [0.3, 0.4) is 0 Å². The third-order valence-electron chi connectivity index (χ3n) is 1.04. The molecule has 4 heteroatoms. The largest absolute Gasteiger partial charge is 0.270 e. The fourth-order valence-corrected chi connectivity index (χ4v) is 0.519. The molecule has 1 heterocycles. The normalized spacial score (nSPS) is 27.5. The van der Waals surface area contributed by atoms with Gasteiger partial charge in [-0.3, -0.25) is 4.79 Å². The minimum atomic E-state index is -0.264. The first-order valence-electron chi connectivity index (χ1n) is 2.40. The summed E-state index contributed by atoms with van der Waals surface area (Å²) >= 11 is 0. The number of nitrogens with zero attached hydrogens (tertiary/aromatic N) is 3. The summed E-state index contributed by atoms with van der Waals surface area (Å²) in [5, 5.41) is 8.35. The summed E-state index contributed by atoms with van der Waals surface area (Å²) in [6, 6.07) is -0.264. The zero-order valence-electron chi connectivity index (χ0n) is 4.83. The molecule has 0 aliphatic carbocycles. The van der Waals surface area contributed by atoms with Crippen LogP contribution < -0.4 is 0 Å². The van der Waals surface area contributed by atoms with Gasteiger partial charge in [0, 0.05) is 7.05 Å². The van der Waals surface area contributed by atoms with Gasteiger partial charge in [0.1, 0.15) is 0 Å². The lowest BCUT2D eigenvalue weighted by atomic mass is 10.3. The lowest BCUT2D eigenvalue weighted by Gasteiger charge is -1.98. The lowest BCUT2D eigenvalue weighted by Crippen LogP contribution is -2.22. The van der Waals surface area contributed by atoms with Crippen molar-refractivity contribution in [3.8, 4) is 0 Å². The van der Waals surface area contributed by atoms with Crippen LogP contribution in [0.1, 0.15) is 6.92 Å². The van der Waals surface area contributed by atoms with Crippen LogP contribution in [0, 0.1) is 0 Å². The zero-order valence-corrected chi connectivity index (χ0v) is 4.83. The molecule has 44 valence electrons. The number of carbonyl (C=O) groups excluding carboxylic acids is 1. The Morgan fingerprint density at radius 1 is 1.75 bits per heavy atom. The van der Waals surface area contributed by atoms with Crippen molar-refractivity contribution >= 4 is 5.91 Å². The lowest BCUT2D eigenvalue weighted by molar-refractivity contribution is -0.128. The Labute approximate surface area is 47.2 Å². The molecule has 0 aromatic heterocycles. The van der Waals surface area contributed by atoms with Crippen molar-refractivity contribution in [2.45, 2.75) is 13.0 Å². The van der Waals surface area contributed by atoms with E-state index in [0.717, 1.165) is 0 Å². The van der Waals surface area contributed by atoms with Gasteiger partial charge in [-0.1, -0.05) is 5.22 Å². The monoisotopic (exact) mass is 113 g/mol. The highest BCUT2D eigenvalue weighted by molar-refractivity contribution is 5.81. The summed E-state index contributed by atoms with van der Waals surface area (Å²) in [6.45, 7) is 1.72. The summed E-state index contributed by atoms with van der Waals surface area (Å²) in [5.41, 5.74) is 0. The Balaban J connectivity index is 2.70. The molecule has 1 aliphatic rings. The second-order valence-corrected chi connectivity index (χ2v) is 1.74. The molecule has 1 unspecified atom stereocenters. The number of hydrogen-bond donors (Lipinski definition) is 0. The summed E-state index contributed by atoms with van der Waals surface area (Å²) < 4.78 is 0. The van der Waals surface area contributed by atoms with Crippen molar-refractivity contribution < 1.29 is 4.79 Å². The molecule has 8 heavy (non-hydrogen) atoms. The molecular weight excluding hydrogens is 106 g/mol. The average molecular weight is 113 g/mol. The molecule has 0 fully saturated rings. The fraction of sp³-hybridized carbons (Fsp3) is 0.750. The number of likely N-dealkylation sites (N-methyl/N-ethyl adjacent to an activating group) is 1. The predicted molar refractivity (Wildman–Crippen MR) is 27.1 cm³/mol. The molecule has 0 radical (unpaired) electrons. The topological polar surface area (TPSA) is 45.0 Å². The Morgan fingerprint density at radius 2 is 2.38 bits per heavy atom. The van der Waals surface area contributed by atoms with E-state index in [1.165, 1.54) is 5.01 Å². The quantitative estimate of drug-likeness (QED) is 0.443. The maximum Gasteiger partial charge on any atom is 0.270 e. The van der Waals surface area contributed by atoms with Gasteiger partial charge in [-0.15, -0.1) is 0 Å². The van der Waals surface area contributed by atoms with E-state index < -0.39 is 0 Å². The van der Waals surface area contributed by atoms with Crippen molar-refractivity contribution in [2.75, 3.05) is 7.05 Å². The number of amides is 1. The van der Waals surface area contributed by atoms with Gasteiger partial charge in [0.15, 0.2) is 6.04 Å². The SMILES string of the molecule is CC1N=NN(C)C1=O. The highest BCUT2D eigenvalue weighted by atomic mass is 16.2. The van der Waals surface area contributed by atoms with E-state index in [1.807, 2.05) is 0 Å².